The van der Waals surface area contributed by atoms with E-state index in [0.717, 1.165) is 19.3 Å². The van der Waals surface area contributed by atoms with Gasteiger partial charge in [0.1, 0.15) is 5.75 Å². The number of carbonyl (C=O) groups is 1. The standard InChI is InChI=1S/C13H17N3O3/c1-19-11-7-9(12(14)16-18)5-6-10(11)15-13(17)8-3-2-4-8/h5-8,18H,2-4H2,1H3,(H2,14,16)(H,15,17). The number of amides is 1. The maximum Gasteiger partial charge on any atom is 0.227 e. The number of oxime groups is 1. The highest BCUT2D eigenvalue weighted by atomic mass is 16.5. The van der Waals surface area contributed by atoms with E-state index >= 15 is 0 Å². The summed E-state index contributed by atoms with van der Waals surface area (Å²) in [4.78, 5) is 11.9. The normalized spacial score (nSPS) is 15.7. The van der Waals surface area contributed by atoms with Crippen molar-refractivity contribution in [1.82, 2.24) is 0 Å². The summed E-state index contributed by atoms with van der Waals surface area (Å²) in [6, 6.07) is 4.96. The number of nitrogens with two attached hydrogens (primary N) is 1. The molecule has 0 aromatic heterocycles. The number of nitrogens with one attached hydrogen (secondary N) is 1. The molecule has 1 aromatic carbocycles. The average molecular weight is 263 g/mol. The SMILES string of the molecule is COc1cc(/C(N)=N/O)ccc1NC(=O)C1CCC1. The Balaban J connectivity index is 2.18. The van der Waals surface area contributed by atoms with Crippen molar-refractivity contribution in [3.05, 3.63) is 23.8 Å². The molecule has 1 amide bonds. The molecule has 1 aliphatic rings. The minimum Gasteiger partial charge on any atom is -0.495 e. The predicted octanol–water partition coefficient (Wildman–Crippen LogP) is 1.53. The summed E-state index contributed by atoms with van der Waals surface area (Å²) in [5.74, 6) is 0.599. The lowest BCUT2D eigenvalue weighted by Crippen LogP contribution is -2.28. The third kappa shape index (κ3) is 2.78. The number of benzene rings is 1. The molecule has 102 valence electrons. The van der Waals surface area contributed by atoms with Gasteiger partial charge in [0.15, 0.2) is 5.84 Å². The third-order valence-electron chi connectivity index (χ3n) is 3.34. The molecule has 1 saturated carbocycles. The maximum atomic E-state index is 11.9. The molecule has 19 heavy (non-hydrogen) atoms. The molecule has 0 heterocycles. The van der Waals surface area contributed by atoms with E-state index in [2.05, 4.69) is 10.5 Å². The van der Waals surface area contributed by atoms with Crippen molar-refractivity contribution in [1.29, 1.82) is 0 Å². The lowest BCUT2D eigenvalue weighted by molar-refractivity contribution is -0.122. The van der Waals surface area contributed by atoms with Crippen LogP contribution in [0, 0.1) is 5.92 Å². The van der Waals surface area contributed by atoms with Crippen molar-refractivity contribution in [3.63, 3.8) is 0 Å². The number of hydrogen-bond acceptors (Lipinski definition) is 4. The average Bonchev–Trinajstić information content (AvgIpc) is 2.36. The highest BCUT2D eigenvalue weighted by molar-refractivity contribution is 5.99. The van der Waals surface area contributed by atoms with Gasteiger partial charge >= 0.3 is 0 Å². The molecule has 0 bridgehead atoms. The molecular weight excluding hydrogens is 246 g/mol. The Labute approximate surface area is 111 Å². The molecule has 0 unspecified atom stereocenters. The first-order valence-corrected chi connectivity index (χ1v) is 6.12. The molecule has 0 radical (unpaired) electrons. The molecule has 0 spiro atoms. The Morgan fingerprint density at radius 2 is 2.26 bits per heavy atom. The van der Waals surface area contributed by atoms with E-state index in [-0.39, 0.29) is 17.7 Å². The molecule has 1 fully saturated rings. The first-order valence-electron chi connectivity index (χ1n) is 6.12. The minimum atomic E-state index is -0.00447. The largest absolute Gasteiger partial charge is 0.495 e. The van der Waals surface area contributed by atoms with Crippen molar-refractivity contribution in [3.8, 4) is 5.75 Å². The Morgan fingerprint density at radius 1 is 1.53 bits per heavy atom. The molecule has 6 heteroatoms. The number of methoxy groups -OCH3 is 1. The van der Waals surface area contributed by atoms with Crippen LogP contribution in [0.2, 0.25) is 0 Å². The summed E-state index contributed by atoms with van der Waals surface area (Å²) in [7, 11) is 1.50. The summed E-state index contributed by atoms with van der Waals surface area (Å²) >= 11 is 0. The summed E-state index contributed by atoms with van der Waals surface area (Å²) in [6.07, 6.45) is 2.99. The van der Waals surface area contributed by atoms with E-state index in [1.54, 1.807) is 18.2 Å². The molecule has 2 rings (SSSR count). The predicted molar refractivity (Wildman–Crippen MR) is 71.5 cm³/mol. The van der Waals surface area contributed by atoms with Gasteiger partial charge in [0, 0.05) is 11.5 Å². The van der Waals surface area contributed by atoms with Crippen LogP contribution < -0.4 is 15.8 Å². The molecule has 0 saturated heterocycles. The van der Waals surface area contributed by atoms with E-state index in [1.807, 2.05) is 0 Å². The van der Waals surface area contributed by atoms with Gasteiger partial charge in [-0.3, -0.25) is 4.79 Å². The minimum absolute atomic E-state index is 0.00447. The molecule has 0 atom stereocenters. The van der Waals surface area contributed by atoms with Gasteiger partial charge in [0.05, 0.1) is 12.8 Å². The van der Waals surface area contributed by atoms with Gasteiger partial charge in [-0.25, -0.2) is 0 Å². The molecular formula is C13H17N3O3. The summed E-state index contributed by atoms with van der Waals surface area (Å²) in [6.45, 7) is 0. The smallest absolute Gasteiger partial charge is 0.227 e. The quantitative estimate of drug-likeness (QED) is 0.332. The van der Waals surface area contributed by atoms with Crippen LogP contribution in [-0.2, 0) is 4.79 Å². The van der Waals surface area contributed by atoms with E-state index in [4.69, 9.17) is 15.7 Å². The summed E-state index contributed by atoms with van der Waals surface area (Å²) < 4.78 is 5.21. The Kier molecular flexibility index (Phi) is 3.89. The van der Waals surface area contributed by atoms with Gasteiger partial charge in [-0.05, 0) is 31.0 Å². The van der Waals surface area contributed by atoms with Crippen molar-refractivity contribution in [2.45, 2.75) is 19.3 Å². The van der Waals surface area contributed by atoms with Crippen LogP contribution in [-0.4, -0.2) is 24.1 Å². The second kappa shape index (κ2) is 5.60. The van der Waals surface area contributed by atoms with Crippen LogP contribution in [0.4, 0.5) is 5.69 Å². The maximum absolute atomic E-state index is 11.9. The molecule has 1 aromatic rings. The highest BCUT2D eigenvalue weighted by Gasteiger charge is 2.25. The number of carbonyl (C=O) groups excluding carboxylic acids is 1. The Morgan fingerprint density at radius 3 is 2.79 bits per heavy atom. The van der Waals surface area contributed by atoms with Crippen LogP contribution in [0.1, 0.15) is 24.8 Å². The Bertz CT molecular complexity index is 510. The highest BCUT2D eigenvalue weighted by Crippen LogP contribution is 2.30. The number of anilines is 1. The summed E-state index contributed by atoms with van der Waals surface area (Å²) in [5, 5.41) is 14.4. The number of hydrogen-bond donors (Lipinski definition) is 3. The molecule has 1 aliphatic carbocycles. The van der Waals surface area contributed by atoms with E-state index in [0.29, 0.717) is 17.0 Å². The van der Waals surface area contributed by atoms with Crippen molar-refractivity contribution in [2.75, 3.05) is 12.4 Å². The fourth-order valence-corrected chi connectivity index (χ4v) is 1.92. The van der Waals surface area contributed by atoms with Gasteiger partial charge in [0.25, 0.3) is 0 Å². The number of ether oxygens (including phenoxy) is 1. The van der Waals surface area contributed by atoms with E-state index < -0.39 is 0 Å². The van der Waals surface area contributed by atoms with E-state index in [9.17, 15) is 4.79 Å². The molecule has 6 nitrogen and oxygen atoms in total. The fraction of sp³-hybridized carbons (Fsp3) is 0.385. The topological polar surface area (TPSA) is 96.9 Å². The van der Waals surface area contributed by atoms with Crippen LogP contribution in [0.3, 0.4) is 0 Å². The summed E-state index contributed by atoms with van der Waals surface area (Å²) in [5.41, 5.74) is 6.63. The van der Waals surface area contributed by atoms with Gasteiger partial charge < -0.3 is 21.0 Å². The first-order chi connectivity index (χ1) is 9.15. The lowest BCUT2D eigenvalue weighted by Gasteiger charge is -2.24. The van der Waals surface area contributed by atoms with Crippen LogP contribution in [0.15, 0.2) is 23.4 Å². The van der Waals surface area contributed by atoms with Crippen molar-refractivity contribution < 1.29 is 14.7 Å². The number of amidine groups is 1. The van der Waals surface area contributed by atoms with Crippen LogP contribution in [0.5, 0.6) is 5.75 Å². The number of nitrogens with zero attached hydrogens (tertiary/aromatic N) is 1. The third-order valence-corrected chi connectivity index (χ3v) is 3.34. The van der Waals surface area contributed by atoms with Gasteiger partial charge in [-0.15, -0.1) is 0 Å². The second-order valence-electron chi connectivity index (χ2n) is 4.52. The lowest BCUT2D eigenvalue weighted by atomic mass is 9.85. The van der Waals surface area contributed by atoms with Crippen molar-refractivity contribution in [2.24, 2.45) is 16.8 Å². The van der Waals surface area contributed by atoms with Crippen molar-refractivity contribution >= 4 is 17.4 Å². The van der Waals surface area contributed by atoms with Crippen LogP contribution >= 0.6 is 0 Å². The van der Waals surface area contributed by atoms with Gasteiger partial charge in [0.2, 0.25) is 5.91 Å². The fourth-order valence-electron chi connectivity index (χ4n) is 1.92. The molecule has 0 aliphatic heterocycles. The second-order valence-corrected chi connectivity index (χ2v) is 4.52. The zero-order valence-corrected chi connectivity index (χ0v) is 10.7. The number of rotatable bonds is 4. The first kappa shape index (κ1) is 13.2. The Hall–Kier alpha value is -2.24. The van der Waals surface area contributed by atoms with Gasteiger partial charge in [-0.2, -0.15) is 0 Å². The van der Waals surface area contributed by atoms with Crippen LogP contribution in [0.25, 0.3) is 0 Å². The zero-order valence-electron chi connectivity index (χ0n) is 10.7. The van der Waals surface area contributed by atoms with Gasteiger partial charge in [-0.1, -0.05) is 11.6 Å². The molecule has 4 N–H and O–H groups in total. The van der Waals surface area contributed by atoms with E-state index in [1.165, 1.54) is 7.11 Å². The monoisotopic (exact) mass is 263 g/mol. The zero-order chi connectivity index (χ0) is 13.8.